The lowest BCUT2D eigenvalue weighted by molar-refractivity contribution is -0.142. The number of aliphatic hydroxyl groups is 1. The molecule has 19 heavy (non-hydrogen) atoms. The molecule has 1 saturated heterocycles. The number of nitrogens with one attached hydrogen (secondary N) is 1. The fraction of sp³-hybridized carbons (Fsp3) is 0.857. The molecule has 0 radical (unpaired) electrons. The molecule has 1 aliphatic heterocycles. The number of nitrogens with zero attached hydrogens (tertiary/aromatic N) is 1. The summed E-state index contributed by atoms with van der Waals surface area (Å²) < 4.78 is 0. The molecule has 2 atom stereocenters. The summed E-state index contributed by atoms with van der Waals surface area (Å²) in [7, 11) is 0. The van der Waals surface area contributed by atoms with Crippen molar-refractivity contribution in [3.63, 3.8) is 0 Å². The molecule has 0 aromatic carbocycles. The van der Waals surface area contributed by atoms with Gasteiger partial charge in [0.1, 0.15) is 0 Å². The molecule has 0 spiro atoms. The van der Waals surface area contributed by atoms with Crippen molar-refractivity contribution in [2.75, 3.05) is 19.7 Å². The number of piperidine rings is 1. The fourth-order valence-electron chi connectivity index (χ4n) is 2.63. The highest BCUT2D eigenvalue weighted by Gasteiger charge is 2.34. The van der Waals surface area contributed by atoms with E-state index in [-0.39, 0.29) is 30.4 Å². The zero-order valence-corrected chi connectivity index (χ0v) is 12.4. The topological polar surface area (TPSA) is 69.6 Å². The van der Waals surface area contributed by atoms with Crippen LogP contribution in [0.3, 0.4) is 0 Å². The third-order valence-corrected chi connectivity index (χ3v) is 3.41. The predicted octanol–water partition coefficient (Wildman–Crippen LogP) is 0.768. The second kappa shape index (κ2) is 6.37. The highest BCUT2D eigenvalue weighted by Crippen LogP contribution is 2.25. The van der Waals surface area contributed by atoms with Gasteiger partial charge >= 0.3 is 0 Å². The van der Waals surface area contributed by atoms with E-state index >= 15 is 0 Å². The summed E-state index contributed by atoms with van der Waals surface area (Å²) >= 11 is 0. The molecular formula is C14H26N2O3. The molecule has 0 saturated carbocycles. The Labute approximate surface area is 115 Å². The van der Waals surface area contributed by atoms with Gasteiger partial charge in [-0.2, -0.15) is 0 Å². The van der Waals surface area contributed by atoms with E-state index in [4.69, 9.17) is 5.11 Å². The lowest BCUT2D eigenvalue weighted by Crippen LogP contribution is -2.54. The summed E-state index contributed by atoms with van der Waals surface area (Å²) in [6.07, 6.45) is 1.50. The molecule has 2 amide bonds. The van der Waals surface area contributed by atoms with Gasteiger partial charge in [0.2, 0.25) is 11.8 Å². The van der Waals surface area contributed by atoms with Crippen LogP contribution in [0.25, 0.3) is 0 Å². The van der Waals surface area contributed by atoms with Crippen LogP contribution in [0.15, 0.2) is 0 Å². The number of aliphatic hydroxyl groups excluding tert-OH is 1. The van der Waals surface area contributed by atoms with E-state index in [0.717, 1.165) is 6.42 Å². The van der Waals surface area contributed by atoms with E-state index in [2.05, 4.69) is 5.32 Å². The van der Waals surface area contributed by atoms with Gasteiger partial charge in [0.15, 0.2) is 0 Å². The van der Waals surface area contributed by atoms with Gasteiger partial charge in [-0.15, -0.1) is 0 Å². The average Bonchev–Trinajstić information content (AvgIpc) is 2.25. The monoisotopic (exact) mass is 270 g/mol. The first-order chi connectivity index (χ1) is 8.74. The second-order valence-electron chi connectivity index (χ2n) is 6.47. The van der Waals surface area contributed by atoms with Crippen molar-refractivity contribution in [2.45, 2.75) is 46.6 Å². The van der Waals surface area contributed by atoms with E-state index in [1.54, 1.807) is 0 Å². The first kappa shape index (κ1) is 16.0. The molecule has 1 heterocycles. The predicted molar refractivity (Wildman–Crippen MR) is 73.4 cm³/mol. The standard InChI is InChI=1S/C14H26N2O3/c1-10(18)15-12-7-11(5-6-17)8-16(9-12)13(19)14(2,3)4/h11-12,17H,5-9H2,1-4H3,(H,15,18). The minimum atomic E-state index is -0.415. The molecule has 1 rings (SSSR count). The van der Waals surface area contributed by atoms with Crippen LogP contribution in [0.5, 0.6) is 0 Å². The van der Waals surface area contributed by atoms with E-state index in [9.17, 15) is 9.59 Å². The van der Waals surface area contributed by atoms with E-state index < -0.39 is 5.41 Å². The average molecular weight is 270 g/mol. The molecule has 0 bridgehead atoms. The number of amides is 2. The summed E-state index contributed by atoms with van der Waals surface area (Å²) in [6.45, 7) is 8.56. The second-order valence-corrected chi connectivity index (χ2v) is 6.47. The minimum Gasteiger partial charge on any atom is -0.396 e. The van der Waals surface area contributed by atoms with Gasteiger partial charge < -0.3 is 15.3 Å². The molecule has 2 unspecified atom stereocenters. The Morgan fingerprint density at radius 3 is 2.42 bits per heavy atom. The third kappa shape index (κ3) is 4.82. The Morgan fingerprint density at radius 1 is 1.32 bits per heavy atom. The van der Waals surface area contributed by atoms with Crippen LogP contribution in [0.4, 0.5) is 0 Å². The number of carbonyl (C=O) groups excluding carboxylic acids is 2. The van der Waals surface area contributed by atoms with Gasteiger partial charge in [-0.05, 0) is 18.8 Å². The molecule has 110 valence electrons. The number of hydrogen-bond donors (Lipinski definition) is 2. The van der Waals surface area contributed by atoms with Crippen LogP contribution in [0.1, 0.15) is 40.5 Å². The van der Waals surface area contributed by atoms with Crippen molar-refractivity contribution in [1.82, 2.24) is 10.2 Å². The van der Waals surface area contributed by atoms with Crippen molar-refractivity contribution in [3.05, 3.63) is 0 Å². The fourth-order valence-corrected chi connectivity index (χ4v) is 2.63. The molecule has 0 aromatic heterocycles. The molecule has 2 N–H and O–H groups in total. The maximum atomic E-state index is 12.4. The van der Waals surface area contributed by atoms with Gasteiger partial charge in [-0.25, -0.2) is 0 Å². The molecule has 1 aliphatic rings. The minimum absolute atomic E-state index is 0.00546. The van der Waals surface area contributed by atoms with E-state index in [1.165, 1.54) is 6.92 Å². The van der Waals surface area contributed by atoms with Gasteiger partial charge in [-0.1, -0.05) is 20.8 Å². The number of likely N-dealkylation sites (tertiary alicyclic amines) is 1. The van der Waals surface area contributed by atoms with E-state index in [1.807, 2.05) is 25.7 Å². The van der Waals surface area contributed by atoms with Crippen molar-refractivity contribution < 1.29 is 14.7 Å². The summed E-state index contributed by atoms with van der Waals surface area (Å²) in [5.41, 5.74) is -0.415. The number of hydrogen-bond acceptors (Lipinski definition) is 3. The normalized spacial score (nSPS) is 24.2. The summed E-state index contributed by atoms with van der Waals surface area (Å²) in [6, 6.07) is -0.00546. The molecular weight excluding hydrogens is 244 g/mol. The Kier molecular flexibility index (Phi) is 5.35. The van der Waals surface area contributed by atoms with E-state index in [0.29, 0.717) is 19.5 Å². The first-order valence-corrected chi connectivity index (χ1v) is 6.91. The van der Waals surface area contributed by atoms with Crippen molar-refractivity contribution in [3.8, 4) is 0 Å². The van der Waals surface area contributed by atoms with Crippen LogP contribution in [0, 0.1) is 11.3 Å². The maximum absolute atomic E-state index is 12.4. The molecule has 0 aromatic rings. The molecule has 5 heteroatoms. The third-order valence-electron chi connectivity index (χ3n) is 3.41. The zero-order chi connectivity index (χ0) is 14.6. The van der Waals surface area contributed by atoms with Crippen LogP contribution in [0.2, 0.25) is 0 Å². The van der Waals surface area contributed by atoms with Crippen LogP contribution in [-0.2, 0) is 9.59 Å². The quantitative estimate of drug-likeness (QED) is 0.796. The van der Waals surface area contributed by atoms with Crippen molar-refractivity contribution in [2.24, 2.45) is 11.3 Å². The van der Waals surface area contributed by atoms with Crippen LogP contribution >= 0.6 is 0 Å². The maximum Gasteiger partial charge on any atom is 0.228 e. The largest absolute Gasteiger partial charge is 0.396 e. The van der Waals surface area contributed by atoms with Crippen molar-refractivity contribution >= 4 is 11.8 Å². The summed E-state index contributed by atoms with van der Waals surface area (Å²) in [5.74, 6) is 0.283. The Morgan fingerprint density at radius 2 is 1.95 bits per heavy atom. The Balaban J connectivity index is 2.75. The molecule has 5 nitrogen and oxygen atoms in total. The van der Waals surface area contributed by atoms with Crippen LogP contribution in [-0.4, -0.2) is 47.6 Å². The zero-order valence-electron chi connectivity index (χ0n) is 12.4. The Bertz CT molecular complexity index is 336. The van der Waals surface area contributed by atoms with Crippen LogP contribution < -0.4 is 5.32 Å². The lowest BCUT2D eigenvalue weighted by Gasteiger charge is -2.40. The van der Waals surface area contributed by atoms with Gasteiger partial charge in [-0.3, -0.25) is 9.59 Å². The highest BCUT2D eigenvalue weighted by atomic mass is 16.3. The summed E-state index contributed by atoms with van der Waals surface area (Å²) in [4.78, 5) is 25.4. The highest BCUT2D eigenvalue weighted by molar-refractivity contribution is 5.81. The Hall–Kier alpha value is -1.10. The smallest absolute Gasteiger partial charge is 0.228 e. The lowest BCUT2D eigenvalue weighted by atomic mass is 9.88. The van der Waals surface area contributed by atoms with Gasteiger partial charge in [0.25, 0.3) is 0 Å². The number of rotatable bonds is 3. The number of carbonyl (C=O) groups is 2. The molecule has 0 aliphatic carbocycles. The first-order valence-electron chi connectivity index (χ1n) is 6.91. The SMILES string of the molecule is CC(=O)NC1CC(CCO)CN(C(=O)C(C)(C)C)C1. The van der Waals surface area contributed by atoms with Gasteiger partial charge in [0, 0.05) is 38.1 Å². The molecule has 1 fully saturated rings. The van der Waals surface area contributed by atoms with Crippen molar-refractivity contribution in [1.29, 1.82) is 0 Å². The van der Waals surface area contributed by atoms with Gasteiger partial charge in [0.05, 0.1) is 0 Å². The summed E-state index contributed by atoms with van der Waals surface area (Å²) in [5, 5.41) is 12.0.